The van der Waals surface area contributed by atoms with E-state index in [1.165, 1.54) is 11.1 Å². The van der Waals surface area contributed by atoms with Gasteiger partial charge < -0.3 is 10.1 Å². The summed E-state index contributed by atoms with van der Waals surface area (Å²) in [6, 6.07) is 15.8. The maximum atomic E-state index is 12.0. The molecule has 0 fully saturated rings. The maximum Gasteiger partial charge on any atom is 0.258 e. The molecule has 2 aromatic rings. The molecule has 1 amide bonds. The number of rotatable bonds is 4. The molecule has 0 aromatic heterocycles. The number of fused-ring (bicyclic) bond motifs is 1. The molecule has 3 rings (SSSR count). The zero-order valence-electron chi connectivity index (χ0n) is 11.5. The third kappa shape index (κ3) is 3.45. The Labute approximate surface area is 132 Å². The molecule has 0 saturated carbocycles. The largest absolute Gasteiger partial charge is 0.484 e. The minimum atomic E-state index is -0.0837. The van der Waals surface area contributed by atoms with Crippen LogP contribution in [0.2, 0.25) is 0 Å². The van der Waals surface area contributed by atoms with Crippen LogP contribution >= 0.6 is 15.9 Å². The second-order valence-electron chi connectivity index (χ2n) is 5.10. The minimum Gasteiger partial charge on any atom is -0.484 e. The molecule has 1 aliphatic carbocycles. The van der Waals surface area contributed by atoms with Crippen LogP contribution in [0.25, 0.3) is 0 Å². The summed E-state index contributed by atoms with van der Waals surface area (Å²) in [5, 5.41) is 3.04. The number of hydrogen-bond donors (Lipinski definition) is 1. The van der Waals surface area contributed by atoms with Gasteiger partial charge in [0.2, 0.25) is 0 Å². The molecular formula is C17H16BrNO2. The van der Waals surface area contributed by atoms with Gasteiger partial charge in [0.15, 0.2) is 6.61 Å². The summed E-state index contributed by atoms with van der Waals surface area (Å²) in [5.41, 5.74) is 2.56. The highest BCUT2D eigenvalue weighted by molar-refractivity contribution is 9.10. The Hall–Kier alpha value is -1.81. The van der Waals surface area contributed by atoms with E-state index in [0.717, 1.165) is 17.3 Å². The van der Waals surface area contributed by atoms with Crippen LogP contribution in [0.1, 0.15) is 23.6 Å². The third-order valence-corrected chi connectivity index (χ3v) is 4.18. The molecule has 0 heterocycles. The van der Waals surface area contributed by atoms with Gasteiger partial charge in [0, 0.05) is 4.47 Å². The van der Waals surface area contributed by atoms with Crippen LogP contribution in [0, 0.1) is 0 Å². The van der Waals surface area contributed by atoms with Crippen molar-refractivity contribution in [3.8, 4) is 5.75 Å². The zero-order valence-corrected chi connectivity index (χ0v) is 13.1. The van der Waals surface area contributed by atoms with Crippen molar-refractivity contribution < 1.29 is 9.53 Å². The van der Waals surface area contributed by atoms with Gasteiger partial charge in [-0.3, -0.25) is 4.79 Å². The molecular weight excluding hydrogens is 330 g/mol. The molecule has 0 unspecified atom stereocenters. The van der Waals surface area contributed by atoms with Crippen molar-refractivity contribution in [2.75, 3.05) is 6.61 Å². The van der Waals surface area contributed by atoms with E-state index in [-0.39, 0.29) is 18.6 Å². The molecule has 3 nitrogen and oxygen atoms in total. The summed E-state index contributed by atoms with van der Waals surface area (Å²) < 4.78 is 6.48. The molecule has 0 bridgehead atoms. The highest BCUT2D eigenvalue weighted by Gasteiger charge is 2.23. The van der Waals surface area contributed by atoms with E-state index in [1.807, 2.05) is 36.4 Å². The lowest BCUT2D eigenvalue weighted by atomic mass is 10.1. The van der Waals surface area contributed by atoms with Gasteiger partial charge in [0.05, 0.1) is 6.04 Å². The summed E-state index contributed by atoms with van der Waals surface area (Å²) in [7, 11) is 0. The fourth-order valence-corrected chi connectivity index (χ4v) is 2.89. The average Bonchev–Trinajstić information content (AvgIpc) is 2.90. The molecule has 0 aliphatic heterocycles. The third-order valence-electron chi connectivity index (χ3n) is 3.65. The topological polar surface area (TPSA) is 38.3 Å². The summed E-state index contributed by atoms with van der Waals surface area (Å²) in [6.07, 6.45) is 1.98. The molecule has 0 saturated heterocycles. The van der Waals surface area contributed by atoms with E-state index in [9.17, 15) is 4.79 Å². The average molecular weight is 346 g/mol. The van der Waals surface area contributed by atoms with E-state index in [2.05, 4.69) is 33.4 Å². The molecule has 0 spiro atoms. The smallest absolute Gasteiger partial charge is 0.258 e. The van der Waals surface area contributed by atoms with Gasteiger partial charge in [-0.25, -0.2) is 0 Å². The van der Waals surface area contributed by atoms with Crippen LogP contribution in [0.5, 0.6) is 5.75 Å². The first-order valence-electron chi connectivity index (χ1n) is 6.98. The number of hydrogen-bond acceptors (Lipinski definition) is 2. The van der Waals surface area contributed by atoms with Crippen molar-refractivity contribution in [2.24, 2.45) is 0 Å². The number of ether oxygens (including phenoxy) is 1. The van der Waals surface area contributed by atoms with Crippen LogP contribution in [0.4, 0.5) is 0 Å². The molecule has 2 aromatic carbocycles. The standard InChI is InChI=1S/C17H16BrNO2/c18-13-6-8-14(9-7-13)21-11-17(20)19-16-10-5-12-3-1-2-4-15(12)16/h1-4,6-9,16H,5,10-11H2,(H,19,20)/t16-/m0/s1. The Morgan fingerprint density at radius 2 is 1.95 bits per heavy atom. The predicted octanol–water partition coefficient (Wildman–Crippen LogP) is 3.63. The van der Waals surface area contributed by atoms with Gasteiger partial charge in [-0.05, 0) is 48.2 Å². The summed E-state index contributed by atoms with van der Waals surface area (Å²) in [4.78, 5) is 12.0. The Kier molecular flexibility index (Phi) is 4.25. The number of nitrogens with one attached hydrogen (secondary N) is 1. The Morgan fingerprint density at radius 3 is 2.76 bits per heavy atom. The normalized spacial score (nSPS) is 16.3. The molecule has 1 atom stereocenters. The lowest BCUT2D eigenvalue weighted by Crippen LogP contribution is -2.31. The molecule has 0 radical (unpaired) electrons. The number of benzene rings is 2. The van der Waals surface area contributed by atoms with Crippen molar-refractivity contribution in [2.45, 2.75) is 18.9 Å². The van der Waals surface area contributed by atoms with Crippen molar-refractivity contribution in [3.63, 3.8) is 0 Å². The Morgan fingerprint density at radius 1 is 1.19 bits per heavy atom. The molecule has 21 heavy (non-hydrogen) atoms. The van der Waals surface area contributed by atoms with Crippen LogP contribution in [-0.4, -0.2) is 12.5 Å². The highest BCUT2D eigenvalue weighted by atomic mass is 79.9. The van der Waals surface area contributed by atoms with Crippen LogP contribution in [0.3, 0.4) is 0 Å². The second kappa shape index (κ2) is 6.31. The fourth-order valence-electron chi connectivity index (χ4n) is 2.62. The first-order chi connectivity index (χ1) is 10.2. The number of halogens is 1. The first kappa shape index (κ1) is 14.1. The van der Waals surface area contributed by atoms with Gasteiger partial charge >= 0.3 is 0 Å². The van der Waals surface area contributed by atoms with Crippen LogP contribution < -0.4 is 10.1 Å². The van der Waals surface area contributed by atoms with E-state index in [1.54, 1.807) is 0 Å². The lowest BCUT2D eigenvalue weighted by Gasteiger charge is -2.14. The first-order valence-corrected chi connectivity index (χ1v) is 7.77. The van der Waals surface area contributed by atoms with Crippen LogP contribution in [0.15, 0.2) is 53.0 Å². The number of carbonyl (C=O) groups excluding carboxylic acids is 1. The fraction of sp³-hybridized carbons (Fsp3) is 0.235. The number of amides is 1. The molecule has 108 valence electrons. The maximum absolute atomic E-state index is 12.0. The van der Waals surface area contributed by atoms with Crippen molar-refractivity contribution >= 4 is 21.8 Å². The zero-order chi connectivity index (χ0) is 14.7. The Bertz CT molecular complexity index is 639. The van der Waals surface area contributed by atoms with E-state index < -0.39 is 0 Å². The minimum absolute atomic E-state index is 0.0420. The van der Waals surface area contributed by atoms with Crippen LogP contribution in [-0.2, 0) is 11.2 Å². The Balaban J connectivity index is 1.54. The van der Waals surface area contributed by atoms with Gasteiger partial charge in [0.25, 0.3) is 5.91 Å². The molecule has 4 heteroatoms. The number of carbonyl (C=O) groups is 1. The highest BCUT2D eigenvalue weighted by Crippen LogP contribution is 2.30. The van der Waals surface area contributed by atoms with Gasteiger partial charge in [-0.15, -0.1) is 0 Å². The molecule has 1 aliphatic rings. The summed E-state index contributed by atoms with van der Waals surface area (Å²) >= 11 is 3.36. The second-order valence-corrected chi connectivity index (χ2v) is 6.02. The molecule has 1 N–H and O–H groups in total. The van der Waals surface area contributed by atoms with Crippen molar-refractivity contribution in [3.05, 3.63) is 64.1 Å². The van der Waals surface area contributed by atoms with Crippen molar-refractivity contribution in [1.29, 1.82) is 0 Å². The monoisotopic (exact) mass is 345 g/mol. The lowest BCUT2D eigenvalue weighted by molar-refractivity contribution is -0.123. The summed E-state index contributed by atoms with van der Waals surface area (Å²) in [6.45, 7) is 0.0420. The SMILES string of the molecule is O=C(COc1ccc(Br)cc1)N[C@H]1CCc2ccccc21. The van der Waals surface area contributed by atoms with Gasteiger partial charge in [-0.2, -0.15) is 0 Å². The van der Waals surface area contributed by atoms with Gasteiger partial charge in [-0.1, -0.05) is 40.2 Å². The van der Waals surface area contributed by atoms with E-state index in [0.29, 0.717) is 5.75 Å². The van der Waals surface area contributed by atoms with E-state index >= 15 is 0 Å². The predicted molar refractivity (Wildman–Crippen MR) is 85.3 cm³/mol. The van der Waals surface area contributed by atoms with E-state index in [4.69, 9.17) is 4.74 Å². The quantitative estimate of drug-likeness (QED) is 0.918. The summed E-state index contributed by atoms with van der Waals surface area (Å²) in [5.74, 6) is 0.611. The van der Waals surface area contributed by atoms with Gasteiger partial charge in [0.1, 0.15) is 5.75 Å². The number of aryl methyl sites for hydroxylation is 1. The van der Waals surface area contributed by atoms with Crippen molar-refractivity contribution in [1.82, 2.24) is 5.32 Å².